The topological polar surface area (TPSA) is 0 Å². The molecule has 53 heavy (non-hydrogen) atoms. The van der Waals surface area contributed by atoms with Crippen molar-refractivity contribution in [1.82, 2.24) is 0 Å². The Kier molecular flexibility index (Phi) is 6.80. The molecule has 2 bridgehead atoms. The molecule has 11 rings (SSSR count). The van der Waals surface area contributed by atoms with E-state index < -0.39 is 0 Å². The first-order valence-electron chi connectivity index (χ1n) is 19.3. The van der Waals surface area contributed by atoms with Gasteiger partial charge in [-0.15, -0.1) is 0 Å². The molecule has 0 amide bonds. The van der Waals surface area contributed by atoms with E-state index in [1.165, 1.54) is 118 Å². The van der Waals surface area contributed by atoms with E-state index >= 15 is 0 Å². The normalized spacial score (nSPS) is 16.3. The van der Waals surface area contributed by atoms with Gasteiger partial charge in [0.15, 0.2) is 0 Å². The summed E-state index contributed by atoms with van der Waals surface area (Å²) < 4.78 is 0. The number of hydrogen-bond donors (Lipinski definition) is 0. The zero-order chi connectivity index (χ0) is 35.2. The van der Waals surface area contributed by atoms with E-state index in [1.807, 2.05) is 0 Å². The lowest BCUT2D eigenvalue weighted by Gasteiger charge is -2.24. The summed E-state index contributed by atoms with van der Waals surface area (Å²) >= 11 is 0. The van der Waals surface area contributed by atoms with Gasteiger partial charge in [-0.05, 0) is 155 Å². The van der Waals surface area contributed by atoms with E-state index in [-0.39, 0.29) is 0 Å². The number of hydrogen-bond acceptors (Lipinski definition) is 0. The third kappa shape index (κ3) is 4.61. The molecule has 0 saturated heterocycles. The van der Waals surface area contributed by atoms with Crippen LogP contribution < -0.4 is 0 Å². The van der Waals surface area contributed by atoms with Gasteiger partial charge in [-0.3, -0.25) is 0 Å². The smallest absolute Gasteiger partial charge is 0.00199 e. The lowest BCUT2D eigenvalue weighted by molar-refractivity contribution is 0.719. The summed E-state index contributed by atoms with van der Waals surface area (Å²) in [5, 5.41) is 10.5. The third-order valence-corrected chi connectivity index (χ3v) is 12.7. The predicted molar refractivity (Wildman–Crippen MR) is 227 cm³/mol. The first kappa shape index (κ1) is 30.6. The average Bonchev–Trinajstić information content (AvgIpc) is 3.84. The molecule has 0 aromatic heterocycles. The zero-order valence-electron chi connectivity index (χ0n) is 30.3. The van der Waals surface area contributed by atoms with Crippen LogP contribution in [0.4, 0.5) is 0 Å². The summed E-state index contributed by atoms with van der Waals surface area (Å²) in [5.74, 6) is 1.39. The van der Waals surface area contributed by atoms with Crippen molar-refractivity contribution in [3.05, 3.63) is 180 Å². The van der Waals surface area contributed by atoms with Crippen molar-refractivity contribution in [3.8, 4) is 44.5 Å². The van der Waals surface area contributed by atoms with Crippen LogP contribution in [0.2, 0.25) is 0 Å². The molecule has 2 unspecified atom stereocenters. The largest absolute Gasteiger partial charge is 0.0616 e. The van der Waals surface area contributed by atoms with Gasteiger partial charge in [0.1, 0.15) is 0 Å². The van der Waals surface area contributed by atoms with Crippen LogP contribution in [0, 0.1) is 13.8 Å². The molecular weight excluding hydrogens is 637 g/mol. The summed E-state index contributed by atoms with van der Waals surface area (Å²) in [5.41, 5.74) is 16.3. The molecule has 0 heterocycles. The van der Waals surface area contributed by atoms with Crippen LogP contribution in [-0.4, -0.2) is 0 Å². The SMILES string of the molecule is Cc1ccc(-c2ccc3c(-c4cccc5c4C4CCC5C4)c4ccccc4c(-c4ccc(-c5ccc(C)c6ccccc56)c5ccccc45)c3c2)cc1. The van der Waals surface area contributed by atoms with Gasteiger partial charge in [-0.2, -0.15) is 0 Å². The molecule has 252 valence electrons. The Hall–Kier alpha value is -5.98. The van der Waals surface area contributed by atoms with E-state index in [1.54, 1.807) is 11.1 Å². The second-order valence-corrected chi connectivity index (χ2v) is 15.6. The van der Waals surface area contributed by atoms with E-state index in [0.29, 0.717) is 5.92 Å². The molecular formula is C53H40. The van der Waals surface area contributed by atoms with Crippen LogP contribution in [0.3, 0.4) is 0 Å². The third-order valence-electron chi connectivity index (χ3n) is 12.7. The van der Waals surface area contributed by atoms with Gasteiger partial charge >= 0.3 is 0 Å². The fourth-order valence-corrected chi connectivity index (χ4v) is 10.3. The molecule has 1 fully saturated rings. The van der Waals surface area contributed by atoms with Crippen molar-refractivity contribution in [1.29, 1.82) is 0 Å². The molecule has 2 aliphatic rings. The highest BCUT2D eigenvalue weighted by molar-refractivity contribution is 6.25. The van der Waals surface area contributed by atoms with E-state index in [2.05, 4.69) is 172 Å². The Balaban J connectivity index is 1.25. The minimum atomic E-state index is 0.667. The van der Waals surface area contributed by atoms with Gasteiger partial charge in [0.05, 0.1) is 0 Å². The van der Waals surface area contributed by atoms with E-state index in [0.717, 1.165) is 5.92 Å². The summed E-state index contributed by atoms with van der Waals surface area (Å²) in [6.07, 6.45) is 3.96. The highest BCUT2D eigenvalue weighted by Gasteiger charge is 2.38. The Labute approximate surface area is 311 Å². The number of aryl methyl sites for hydroxylation is 2. The summed E-state index contributed by atoms with van der Waals surface area (Å²) in [6, 6.07) is 60.0. The van der Waals surface area contributed by atoms with Crippen LogP contribution in [0.15, 0.2) is 158 Å². The number of benzene rings is 9. The van der Waals surface area contributed by atoms with Crippen molar-refractivity contribution in [2.45, 2.75) is 44.9 Å². The first-order valence-corrected chi connectivity index (χ1v) is 19.3. The minimum absolute atomic E-state index is 0.667. The van der Waals surface area contributed by atoms with Gasteiger partial charge in [-0.1, -0.05) is 157 Å². The highest BCUT2D eigenvalue weighted by Crippen LogP contribution is 2.57. The summed E-state index contributed by atoms with van der Waals surface area (Å²) in [6.45, 7) is 4.38. The highest BCUT2D eigenvalue weighted by atomic mass is 14.4. The number of fused-ring (bicyclic) bond motifs is 9. The molecule has 2 atom stereocenters. The van der Waals surface area contributed by atoms with Gasteiger partial charge < -0.3 is 0 Å². The average molecular weight is 677 g/mol. The van der Waals surface area contributed by atoms with Gasteiger partial charge in [0.25, 0.3) is 0 Å². The maximum Gasteiger partial charge on any atom is -0.00199 e. The Morgan fingerprint density at radius 2 is 0.925 bits per heavy atom. The lowest BCUT2D eigenvalue weighted by Crippen LogP contribution is -2.01. The van der Waals surface area contributed by atoms with Crippen LogP contribution in [0.1, 0.15) is 53.4 Å². The van der Waals surface area contributed by atoms with Crippen molar-refractivity contribution in [2.24, 2.45) is 0 Å². The summed E-state index contributed by atoms with van der Waals surface area (Å²) in [4.78, 5) is 0. The lowest BCUT2D eigenvalue weighted by atomic mass is 9.79. The van der Waals surface area contributed by atoms with Crippen LogP contribution >= 0.6 is 0 Å². The fourth-order valence-electron chi connectivity index (χ4n) is 10.3. The van der Waals surface area contributed by atoms with Crippen molar-refractivity contribution in [2.75, 3.05) is 0 Å². The zero-order valence-corrected chi connectivity index (χ0v) is 30.3. The molecule has 0 heteroatoms. The predicted octanol–water partition coefficient (Wildman–Crippen LogP) is 14.9. The number of rotatable bonds is 4. The Morgan fingerprint density at radius 3 is 1.66 bits per heavy atom. The maximum absolute atomic E-state index is 2.48. The van der Waals surface area contributed by atoms with Crippen molar-refractivity contribution in [3.63, 3.8) is 0 Å². The van der Waals surface area contributed by atoms with E-state index in [9.17, 15) is 0 Å². The molecule has 9 aromatic rings. The standard InChI is InChI=1S/C53H40/c1-32-18-21-34(22-19-32)35-25-27-48-50(31-35)53(46-15-8-7-14-45(46)52(48)49-17-9-16-39-36-23-24-37(30-36)51(39)49)47-29-28-44(41-12-5-6-13-42(41)47)43-26-20-33(2)38-10-3-4-11-40(38)43/h3-22,25-29,31,36-37H,23-24,30H2,1-2H3. The molecule has 0 N–H and O–H groups in total. The molecule has 1 saturated carbocycles. The van der Waals surface area contributed by atoms with Gasteiger partial charge in [-0.25, -0.2) is 0 Å². The molecule has 9 aromatic carbocycles. The molecule has 0 radical (unpaired) electrons. The summed E-state index contributed by atoms with van der Waals surface area (Å²) in [7, 11) is 0. The van der Waals surface area contributed by atoms with Gasteiger partial charge in [0.2, 0.25) is 0 Å². The van der Waals surface area contributed by atoms with Crippen LogP contribution in [0.25, 0.3) is 87.6 Å². The molecule has 0 nitrogen and oxygen atoms in total. The molecule has 0 aliphatic heterocycles. The molecule has 0 spiro atoms. The second kappa shape index (κ2) is 11.8. The second-order valence-electron chi connectivity index (χ2n) is 15.6. The van der Waals surface area contributed by atoms with Gasteiger partial charge in [0, 0.05) is 0 Å². The minimum Gasteiger partial charge on any atom is -0.0616 e. The monoisotopic (exact) mass is 676 g/mol. The Bertz CT molecular complexity index is 2940. The van der Waals surface area contributed by atoms with Crippen LogP contribution in [-0.2, 0) is 0 Å². The first-order chi connectivity index (χ1) is 26.1. The van der Waals surface area contributed by atoms with Crippen molar-refractivity contribution >= 4 is 43.1 Å². The van der Waals surface area contributed by atoms with Crippen LogP contribution in [0.5, 0.6) is 0 Å². The Morgan fingerprint density at radius 1 is 0.377 bits per heavy atom. The fraction of sp³-hybridized carbons (Fsp3) is 0.132. The molecule has 2 aliphatic carbocycles. The van der Waals surface area contributed by atoms with Crippen molar-refractivity contribution < 1.29 is 0 Å². The maximum atomic E-state index is 2.48. The van der Waals surface area contributed by atoms with E-state index in [4.69, 9.17) is 0 Å². The quantitative estimate of drug-likeness (QED) is 0.163.